The van der Waals surface area contributed by atoms with Gasteiger partial charge < -0.3 is 0 Å². The first-order valence-electron chi connectivity index (χ1n) is 8.80. The molecule has 0 spiro atoms. The Morgan fingerprint density at radius 3 is 0.692 bits per heavy atom. The summed E-state index contributed by atoms with van der Waals surface area (Å²) in [6.45, 7) is 0. The normalized spacial score (nSPS) is 10.8. The van der Waals surface area contributed by atoms with Crippen molar-refractivity contribution in [3.05, 3.63) is 121 Å². The number of rotatable bonds is 4. The van der Waals surface area contributed by atoms with Crippen LogP contribution in [0.4, 0.5) is 0 Å². The topological polar surface area (TPSA) is 0 Å². The van der Waals surface area contributed by atoms with Gasteiger partial charge in [0.15, 0.2) is 0 Å². The van der Waals surface area contributed by atoms with Crippen LogP contribution in [0.5, 0.6) is 0 Å². The van der Waals surface area contributed by atoms with Gasteiger partial charge in [0.05, 0.1) is 0 Å². The maximum Gasteiger partial charge on any atom is 0.108 e. The van der Waals surface area contributed by atoms with Crippen molar-refractivity contribution in [3.8, 4) is 0 Å². The molecule has 0 amide bonds. The lowest BCUT2D eigenvalue weighted by atomic mass is 9.13. The van der Waals surface area contributed by atoms with Gasteiger partial charge in [-0.3, -0.25) is 0 Å². The maximum atomic E-state index is 2.26. The highest BCUT2D eigenvalue weighted by molar-refractivity contribution is 7.37. The fourth-order valence-corrected chi connectivity index (χ4v) is 4.12. The summed E-state index contributed by atoms with van der Waals surface area (Å²) in [6.07, 6.45) is -1.22. The molecule has 0 saturated carbocycles. The number of hydrogen-bond donors (Lipinski definition) is 0. The Kier molecular flexibility index (Phi) is 5.65. The molecule has 0 aromatic heterocycles. The molecule has 0 radical (unpaired) electrons. The largest absolute Gasteiger partial charge is 0.195 e. The average molecular weight is 354 g/mol. The SMILES string of the molecule is [SH3+].c1ccc([B-](c2ccccc2)(c2ccccc2)c2ccccc2)cc1. The molecule has 4 rings (SSSR count). The van der Waals surface area contributed by atoms with E-state index in [9.17, 15) is 0 Å². The Balaban J connectivity index is 0.00000196. The van der Waals surface area contributed by atoms with Gasteiger partial charge in [-0.05, 0) is 0 Å². The van der Waals surface area contributed by atoms with E-state index in [2.05, 4.69) is 121 Å². The van der Waals surface area contributed by atoms with Crippen molar-refractivity contribution in [1.82, 2.24) is 0 Å². The first-order valence-corrected chi connectivity index (χ1v) is 8.80. The van der Waals surface area contributed by atoms with Crippen LogP contribution in [0.2, 0.25) is 0 Å². The monoisotopic (exact) mass is 354 g/mol. The summed E-state index contributed by atoms with van der Waals surface area (Å²) in [5, 5.41) is 0. The Morgan fingerprint density at radius 2 is 0.500 bits per heavy atom. The fraction of sp³-hybridized carbons (Fsp3) is 0. The van der Waals surface area contributed by atoms with Crippen molar-refractivity contribution >= 4 is 41.5 Å². The van der Waals surface area contributed by atoms with Crippen molar-refractivity contribution in [2.24, 2.45) is 0 Å². The molecule has 0 heterocycles. The van der Waals surface area contributed by atoms with Gasteiger partial charge in [0, 0.05) is 0 Å². The second kappa shape index (κ2) is 8.12. The van der Waals surface area contributed by atoms with E-state index in [1.165, 1.54) is 21.9 Å². The molecule has 0 nitrogen and oxygen atoms in total. The summed E-state index contributed by atoms with van der Waals surface area (Å²) < 4.78 is 0. The van der Waals surface area contributed by atoms with Crippen molar-refractivity contribution in [3.63, 3.8) is 0 Å². The fourth-order valence-electron chi connectivity index (χ4n) is 4.12. The van der Waals surface area contributed by atoms with Crippen LogP contribution in [0.3, 0.4) is 0 Å². The summed E-state index contributed by atoms with van der Waals surface area (Å²) in [5.74, 6) is 0. The number of hydrogen-bond acceptors (Lipinski definition) is 0. The second-order valence-electron chi connectivity index (χ2n) is 6.51. The van der Waals surface area contributed by atoms with Gasteiger partial charge in [-0.15, -0.1) is 0 Å². The molecule has 0 bridgehead atoms. The molecule has 128 valence electrons. The molecule has 0 aliphatic carbocycles. The highest BCUT2D eigenvalue weighted by Gasteiger charge is 2.30. The Labute approximate surface area is 162 Å². The first kappa shape index (κ1) is 18.1. The highest BCUT2D eigenvalue weighted by atomic mass is 32.1. The molecule has 0 atom stereocenters. The minimum absolute atomic E-state index is 0. The lowest BCUT2D eigenvalue weighted by molar-refractivity contribution is 1.66. The quantitative estimate of drug-likeness (QED) is 0.390. The van der Waals surface area contributed by atoms with E-state index in [1.54, 1.807) is 0 Å². The van der Waals surface area contributed by atoms with Crippen LogP contribution in [-0.2, 0) is 13.5 Å². The van der Waals surface area contributed by atoms with Crippen LogP contribution in [0.1, 0.15) is 0 Å². The van der Waals surface area contributed by atoms with Gasteiger partial charge in [0.1, 0.15) is 6.15 Å². The van der Waals surface area contributed by atoms with E-state index < -0.39 is 6.15 Å². The second-order valence-corrected chi connectivity index (χ2v) is 6.51. The van der Waals surface area contributed by atoms with Gasteiger partial charge in [-0.1, -0.05) is 135 Å². The van der Waals surface area contributed by atoms with Crippen molar-refractivity contribution in [2.75, 3.05) is 0 Å². The Bertz CT molecular complexity index is 759. The van der Waals surface area contributed by atoms with Crippen LogP contribution < -0.4 is 21.9 Å². The third kappa shape index (κ3) is 3.09. The van der Waals surface area contributed by atoms with Crippen LogP contribution >= 0.6 is 0 Å². The Hall–Kier alpha value is -2.71. The molecule has 0 N–H and O–H groups in total. The van der Waals surface area contributed by atoms with Crippen LogP contribution in [0.25, 0.3) is 0 Å². The maximum absolute atomic E-state index is 2.26. The van der Waals surface area contributed by atoms with Crippen molar-refractivity contribution < 1.29 is 0 Å². The minimum atomic E-state index is -1.22. The van der Waals surface area contributed by atoms with Crippen LogP contribution in [-0.4, -0.2) is 6.15 Å². The zero-order valence-electron chi connectivity index (χ0n) is 14.7. The van der Waals surface area contributed by atoms with Crippen molar-refractivity contribution in [1.29, 1.82) is 0 Å². The molecule has 0 unspecified atom stereocenters. The molecule has 4 aromatic carbocycles. The summed E-state index contributed by atoms with van der Waals surface area (Å²) in [4.78, 5) is 0. The first-order chi connectivity index (χ1) is 12.4. The van der Waals surface area contributed by atoms with E-state index >= 15 is 0 Å². The molecule has 0 aliphatic heterocycles. The van der Waals surface area contributed by atoms with Crippen LogP contribution in [0.15, 0.2) is 121 Å². The molecule has 0 fully saturated rings. The van der Waals surface area contributed by atoms with Gasteiger partial charge in [0.25, 0.3) is 0 Å². The van der Waals surface area contributed by atoms with Gasteiger partial charge in [-0.2, -0.15) is 21.9 Å². The highest BCUT2D eigenvalue weighted by Crippen LogP contribution is 2.09. The predicted octanol–water partition coefficient (Wildman–Crippen LogP) is 2.26. The summed E-state index contributed by atoms with van der Waals surface area (Å²) in [7, 11) is 0. The van der Waals surface area contributed by atoms with Crippen LogP contribution in [0, 0.1) is 0 Å². The molecule has 0 saturated heterocycles. The van der Waals surface area contributed by atoms with Crippen molar-refractivity contribution in [2.45, 2.75) is 0 Å². The molecular formula is C24H23BS. The van der Waals surface area contributed by atoms with E-state index in [-0.39, 0.29) is 13.5 Å². The summed E-state index contributed by atoms with van der Waals surface area (Å²) >= 11 is 0. The predicted molar refractivity (Wildman–Crippen MR) is 122 cm³/mol. The zero-order chi connectivity index (χ0) is 17.0. The minimum Gasteiger partial charge on any atom is -0.195 e. The van der Waals surface area contributed by atoms with E-state index in [0.717, 1.165) is 0 Å². The molecule has 2 heteroatoms. The third-order valence-corrected chi connectivity index (χ3v) is 5.20. The molecular weight excluding hydrogens is 331 g/mol. The third-order valence-electron chi connectivity index (χ3n) is 5.20. The van der Waals surface area contributed by atoms with E-state index in [0.29, 0.717) is 0 Å². The molecule has 0 aliphatic rings. The summed E-state index contributed by atoms with van der Waals surface area (Å²) in [6, 6.07) is 43.5. The zero-order valence-corrected chi connectivity index (χ0v) is 15.9. The lowest BCUT2D eigenvalue weighted by Gasteiger charge is -2.44. The standard InChI is InChI=1S/C24H20B.H2S/c1-5-13-21(14-6-1)25(22-15-7-2-8-16-22,23-17-9-3-10-18-23)24-19-11-4-12-20-24;/h1-20H;1H2/q-1;/p+1. The smallest absolute Gasteiger partial charge is 0.108 e. The van der Waals surface area contributed by atoms with E-state index in [4.69, 9.17) is 0 Å². The van der Waals surface area contributed by atoms with Gasteiger partial charge >= 0.3 is 0 Å². The lowest BCUT2D eigenvalue weighted by Crippen LogP contribution is -2.74. The van der Waals surface area contributed by atoms with E-state index in [1.807, 2.05) is 0 Å². The van der Waals surface area contributed by atoms with Gasteiger partial charge in [-0.25, -0.2) is 0 Å². The van der Waals surface area contributed by atoms with Gasteiger partial charge in [0.2, 0.25) is 0 Å². The average Bonchev–Trinajstić information content (AvgIpc) is 2.72. The Morgan fingerprint density at radius 1 is 0.308 bits per heavy atom. The molecule has 26 heavy (non-hydrogen) atoms. The molecule has 4 aromatic rings. The summed E-state index contributed by atoms with van der Waals surface area (Å²) in [5.41, 5.74) is 5.36. The number of benzene rings is 4.